The first-order chi connectivity index (χ1) is 9.56. The van der Waals surface area contributed by atoms with Gasteiger partial charge in [-0.15, -0.1) is 0 Å². The summed E-state index contributed by atoms with van der Waals surface area (Å²) in [6.07, 6.45) is 0. The fourth-order valence-electron chi connectivity index (χ4n) is 2.13. The third-order valence-corrected chi connectivity index (χ3v) is 3.20. The molecule has 0 atom stereocenters. The van der Waals surface area contributed by atoms with Crippen LogP contribution < -0.4 is 9.47 Å². The number of carbonyl (C=O) groups is 1. The van der Waals surface area contributed by atoms with Crippen LogP contribution in [0.25, 0.3) is 0 Å². The van der Waals surface area contributed by atoms with Gasteiger partial charge in [0, 0.05) is 0 Å². The molecule has 0 bridgehead atoms. The molecular weight excluding hydrogens is 252 g/mol. The number of hydrogen-bond acceptors (Lipinski definition) is 3. The molecule has 2 aromatic carbocycles. The predicted molar refractivity (Wildman–Crippen MR) is 78.9 cm³/mol. The number of hydrogen-bond donors (Lipinski definition) is 0. The monoisotopic (exact) mass is 270 g/mol. The van der Waals surface area contributed by atoms with E-state index in [0.717, 1.165) is 11.1 Å². The summed E-state index contributed by atoms with van der Waals surface area (Å²) < 4.78 is 10.6. The van der Waals surface area contributed by atoms with Crippen molar-refractivity contribution >= 4 is 5.78 Å². The van der Waals surface area contributed by atoms with E-state index in [9.17, 15) is 4.79 Å². The van der Waals surface area contributed by atoms with Crippen molar-refractivity contribution in [2.75, 3.05) is 14.2 Å². The van der Waals surface area contributed by atoms with Crippen molar-refractivity contribution in [3.8, 4) is 11.5 Å². The summed E-state index contributed by atoms with van der Waals surface area (Å²) in [5.74, 6) is 1.06. The molecule has 3 nitrogen and oxygen atoms in total. The van der Waals surface area contributed by atoms with E-state index in [1.54, 1.807) is 20.3 Å². The van der Waals surface area contributed by atoms with Crippen LogP contribution in [0.2, 0.25) is 0 Å². The Morgan fingerprint density at radius 1 is 0.800 bits per heavy atom. The Hall–Kier alpha value is -2.29. The van der Waals surface area contributed by atoms with Crippen LogP contribution in [0.1, 0.15) is 27.0 Å². The molecule has 0 saturated heterocycles. The molecular formula is C17H18O3. The van der Waals surface area contributed by atoms with Gasteiger partial charge in [0.15, 0.2) is 5.78 Å². The second-order valence-corrected chi connectivity index (χ2v) is 4.74. The average Bonchev–Trinajstić information content (AvgIpc) is 2.46. The molecule has 0 amide bonds. The van der Waals surface area contributed by atoms with Gasteiger partial charge in [-0.1, -0.05) is 17.7 Å². The second kappa shape index (κ2) is 5.78. The highest BCUT2D eigenvalue weighted by Gasteiger charge is 2.18. The third kappa shape index (κ3) is 2.67. The maximum absolute atomic E-state index is 12.7. The first-order valence-corrected chi connectivity index (χ1v) is 6.40. The highest BCUT2D eigenvalue weighted by Crippen LogP contribution is 2.28. The molecule has 0 fully saturated rings. The molecule has 0 aromatic heterocycles. The predicted octanol–water partition coefficient (Wildman–Crippen LogP) is 3.55. The van der Waals surface area contributed by atoms with Gasteiger partial charge in [-0.2, -0.15) is 0 Å². The zero-order valence-electron chi connectivity index (χ0n) is 12.2. The number of rotatable bonds is 4. The van der Waals surface area contributed by atoms with E-state index in [0.29, 0.717) is 22.6 Å². The Morgan fingerprint density at radius 2 is 1.40 bits per heavy atom. The van der Waals surface area contributed by atoms with Crippen LogP contribution in [-0.4, -0.2) is 20.0 Å². The third-order valence-electron chi connectivity index (χ3n) is 3.20. The van der Waals surface area contributed by atoms with Crippen LogP contribution in [-0.2, 0) is 0 Å². The van der Waals surface area contributed by atoms with Crippen LogP contribution >= 0.6 is 0 Å². The summed E-state index contributed by atoms with van der Waals surface area (Å²) in [7, 11) is 3.13. The van der Waals surface area contributed by atoms with Gasteiger partial charge in [0.05, 0.1) is 25.3 Å². The summed E-state index contributed by atoms with van der Waals surface area (Å²) in [5, 5.41) is 0. The van der Waals surface area contributed by atoms with Gasteiger partial charge in [-0.25, -0.2) is 0 Å². The van der Waals surface area contributed by atoms with E-state index in [4.69, 9.17) is 9.47 Å². The summed E-state index contributed by atoms with van der Waals surface area (Å²) in [5.41, 5.74) is 3.16. The van der Waals surface area contributed by atoms with E-state index < -0.39 is 0 Å². The van der Waals surface area contributed by atoms with E-state index in [1.165, 1.54) is 0 Å². The van der Waals surface area contributed by atoms with E-state index in [1.807, 2.05) is 44.2 Å². The molecule has 2 rings (SSSR count). The Balaban J connectivity index is 2.54. The Morgan fingerprint density at radius 3 is 2.05 bits per heavy atom. The quantitative estimate of drug-likeness (QED) is 0.797. The second-order valence-electron chi connectivity index (χ2n) is 4.74. The molecule has 0 heterocycles. The normalized spacial score (nSPS) is 10.2. The van der Waals surface area contributed by atoms with Crippen LogP contribution in [0.4, 0.5) is 0 Å². The molecule has 104 valence electrons. The molecule has 0 N–H and O–H groups in total. The first-order valence-electron chi connectivity index (χ1n) is 6.40. The zero-order valence-corrected chi connectivity index (χ0v) is 12.2. The van der Waals surface area contributed by atoms with Gasteiger partial charge < -0.3 is 9.47 Å². The summed E-state index contributed by atoms with van der Waals surface area (Å²) in [4.78, 5) is 12.7. The number of carbonyl (C=O) groups excluding carboxylic acids is 1. The van der Waals surface area contributed by atoms with Crippen LogP contribution in [0.15, 0.2) is 36.4 Å². The Kier molecular flexibility index (Phi) is 4.08. The van der Waals surface area contributed by atoms with Crippen molar-refractivity contribution in [1.82, 2.24) is 0 Å². The largest absolute Gasteiger partial charge is 0.496 e. The zero-order chi connectivity index (χ0) is 14.7. The van der Waals surface area contributed by atoms with Crippen LogP contribution in [0, 0.1) is 13.8 Å². The average molecular weight is 270 g/mol. The summed E-state index contributed by atoms with van der Waals surface area (Å²) in [6.45, 7) is 3.91. The lowest BCUT2D eigenvalue weighted by atomic mass is 9.99. The molecule has 0 aliphatic carbocycles. The topological polar surface area (TPSA) is 35.5 Å². The number of benzene rings is 2. The van der Waals surface area contributed by atoms with Crippen molar-refractivity contribution in [3.63, 3.8) is 0 Å². The van der Waals surface area contributed by atoms with Gasteiger partial charge in [0.2, 0.25) is 0 Å². The smallest absolute Gasteiger partial charge is 0.200 e. The SMILES string of the molecule is COc1cc(C)ccc1C(=O)c1cc(C)ccc1OC. The fraction of sp³-hybridized carbons (Fsp3) is 0.235. The molecule has 0 radical (unpaired) electrons. The summed E-state index contributed by atoms with van der Waals surface area (Å²) in [6, 6.07) is 11.1. The lowest BCUT2D eigenvalue weighted by molar-refractivity contribution is 0.103. The van der Waals surface area contributed by atoms with E-state index >= 15 is 0 Å². The van der Waals surface area contributed by atoms with Gasteiger partial charge in [0.25, 0.3) is 0 Å². The van der Waals surface area contributed by atoms with Crippen molar-refractivity contribution in [1.29, 1.82) is 0 Å². The van der Waals surface area contributed by atoms with Crippen molar-refractivity contribution in [3.05, 3.63) is 58.7 Å². The lowest BCUT2D eigenvalue weighted by Gasteiger charge is -2.12. The summed E-state index contributed by atoms with van der Waals surface area (Å²) >= 11 is 0. The van der Waals surface area contributed by atoms with Gasteiger partial charge in [0.1, 0.15) is 11.5 Å². The lowest BCUT2D eigenvalue weighted by Crippen LogP contribution is -2.06. The first kappa shape index (κ1) is 14.1. The van der Waals surface area contributed by atoms with E-state index in [-0.39, 0.29) is 5.78 Å². The maximum Gasteiger partial charge on any atom is 0.200 e. The molecule has 0 unspecified atom stereocenters. The number of methoxy groups -OCH3 is 2. The highest BCUT2D eigenvalue weighted by molar-refractivity contribution is 6.12. The maximum atomic E-state index is 12.7. The molecule has 2 aromatic rings. The molecule has 0 saturated carbocycles. The number of ketones is 1. The molecule has 0 spiro atoms. The molecule has 3 heteroatoms. The number of ether oxygens (including phenoxy) is 2. The minimum absolute atomic E-state index is 0.0950. The van der Waals surface area contributed by atoms with Gasteiger partial charge in [-0.05, 0) is 43.7 Å². The fourth-order valence-corrected chi connectivity index (χ4v) is 2.13. The molecule has 20 heavy (non-hydrogen) atoms. The highest BCUT2D eigenvalue weighted by atomic mass is 16.5. The Labute approximate surface area is 119 Å². The minimum atomic E-state index is -0.0950. The van der Waals surface area contributed by atoms with Crippen molar-refractivity contribution < 1.29 is 14.3 Å². The van der Waals surface area contributed by atoms with Crippen LogP contribution in [0.3, 0.4) is 0 Å². The van der Waals surface area contributed by atoms with Crippen molar-refractivity contribution in [2.45, 2.75) is 13.8 Å². The van der Waals surface area contributed by atoms with Gasteiger partial charge in [-0.3, -0.25) is 4.79 Å². The van der Waals surface area contributed by atoms with Crippen molar-refractivity contribution in [2.24, 2.45) is 0 Å². The van der Waals surface area contributed by atoms with E-state index in [2.05, 4.69) is 0 Å². The minimum Gasteiger partial charge on any atom is -0.496 e. The van der Waals surface area contributed by atoms with Gasteiger partial charge >= 0.3 is 0 Å². The Bertz CT molecular complexity index is 645. The van der Waals surface area contributed by atoms with Crippen LogP contribution in [0.5, 0.6) is 11.5 Å². The number of aryl methyl sites for hydroxylation is 2. The standard InChI is InChI=1S/C17H18O3/c1-11-6-8-15(19-3)14(9-11)17(18)13-7-5-12(2)10-16(13)20-4/h5-10H,1-4H3. The molecule has 0 aliphatic heterocycles. The molecule has 0 aliphatic rings.